The van der Waals surface area contributed by atoms with Crippen molar-refractivity contribution in [2.24, 2.45) is 11.8 Å². The highest BCUT2D eigenvalue weighted by molar-refractivity contribution is 6.35. The van der Waals surface area contributed by atoms with Crippen LogP contribution in [0.2, 0.25) is 5.02 Å². The molecule has 0 aliphatic heterocycles. The van der Waals surface area contributed by atoms with E-state index in [1.54, 1.807) is 6.07 Å². The number of hydrogen-bond acceptors (Lipinski definition) is 2. The molecule has 4 rings (SSSR count). The van der Waals surface area contributed by atoms with E-state index >= 15 is 0 Å². The number of rotatable bonds is 4. The van der Waals surface area contributed by atoms with Gasteiger partial charge in [0.1, 0.15) is 0 Å². The molecule has 0 radical (unpaired) electrons. The second-order valence-corrected chi connectivity index (χ2v) is 8.56. The van der Waals surface area contributed by atoms with Crippen molar-refractivity contribution >= 4 is 34.0 Å². The van der Waals surface area contributed by atoms with Gasteiger partial charge in [0.15, 0.2) is 0 Å². The smallest absolute Gasteiger partial charge is 0.253 e. The number of allylic oxidation sites excluding steroid dienone is 2. The topological polar surface area (TPSA) is 42.0 Å². The molecule has 0 spiro atoms. The molecule has 2 aliphatic rings. The van der Waals surface area contributed by atoms with Crippen molar-refractivity contribution in [1.82, 2.24) is 10.3 Å². The third kappa shape index (κ3) is 4.03. The highest BCUT2D eigenvalue weighted by Gasteiger charge is 2.21. The maximum absolute atomic E-state index is 12.9. The van der Waals surface area contributed by atoms with E-state index in [0.717, 1.165) is 41.9 Å². The zero-order valence-corrected chi connectivity index (χ0v) is 16.7. The first-order valence-corrected chi connectivity index (χ1v) is 10.6. The van der Waals surface area contributed by atoms with Crippen LogP contribution in [0, 0.1) is 11.8 Å². The Bertz CT molecular complexity index is 889. The van der Waals surface area contributed by atoms with Crippen LogP contribution in [0.4, 0.5) is 0 Å². The van der Waals surface area contributed by atoms with Gasteiger partial charge >= 0.3 is 0 Å². The minimum atomic E-state index is -0.0848. The molecule has 2 aliphatic carbocycles. The number of halogens is 1. The fourth-order valence-corrected chi connectivity index (χ4v) is 4.81. The highest BCUT2D eigenvalue weighted by Crippen LogP contribution is 2.31. The van der Waals surface area contributed by atoms with Crippen molar-refractivity contribution in [2.45, 2.75) is 51.9 Å². The lowest BCUT2D eigenvalue weighted by atomic mass is 9.82. The fraction of sp³-hybridized carbons (Fsp3) is 0.478. The van der Waals surface area contributed by atoms with Crippen molar-refractivity contribution < 1.29 is 4.79 Å². The number of aromatic nitrogens is 1. The van der Waals surface area contributed by atoms with Gasteiger partial charge in [-0.1, -0.05) is 37.4 Å². The van der Waals surface area contributed by atoms with Gasteiger partial charge < -0.3 is 5.32 Å². The number of nitrogens with one attached hydrogen (secondary N) is 1. The van der Waals surface area contributed by atoms with Crippen LogP contribution in [0.1, 0.15) is 67.9 Å². The Labute approximate surface area is 166 Å². The standard InChI is InChI=1S/C23H27ClN2O/c1-15-5-4-6-16(13-15)14-25-23(27)22-18-9-11-20(17-7-2-3-8-17)26-21(18)12-10-19(22)24/h7,9-12,15-16H,2-6,8,13-14H2,1H3,(H,25,27). The van der Waals surface area contributed by atoms with Crippen LogP contribution in [0.25, 0.3) is 16.5 Å². The third-order valence-electron chi connectivity index (χ3n) is 6.01. The Hall–Kier alpha value is -1.87. The van der Waals surface area contributed by atoms with Crippen molar-refractivity contribution in [3.8, 4) is 0 Å². The maximum Gasteiger partial charge on any atom is 0.253 e. The van der Waals surface area contributed by atoms with Gasteiger partial charge in [0.25, 0.3) is 5.91 Å². The molecule has 1 aromatic carbocycles. The molecule has 2 aromatic rings. The van der Waals surface area contributed by atoms with Crippen molar-refractivity contribution in [3.05, 3.63) is 46.6 Å². The van der Waals surface area contributed by atoms with Gasteiger partial charge in [0, 0.05) is 11.9 Å². The van der Waals surface area contributed by atoms with Crippen LogP contribution in [-0.2, 0) is 0 Å². The van der Waals surface area contributed by atoms with Gasteiger partial charge in [-0.2, -0.15) is 0 Å². The van der Waals surface area contributed by atoms with Crippen LogP contribution in [0.5, 0.6) is 0 Å². The molecule has 27 heavy (non-hydrogen) atoms. The first kappa shape index (κ1) is 18.5. The molecule has 1 aromatic heterocycles. The summed E-state index contributed by atoms with van der Waals surface area (Å²) in [5.74, 6) is 1.25. The highest BCUT2D eigenvalue weighted by atomic mass is 35.5. The fourth-order valence-electron chi connectivity index (χ4n) is 4.56. The van der Waals surface area contributed by atoms with Crippen LogP contribution >= 0.6 is 11.6 Å². The van der Waals surface area contributed by atoms with E-state index in [0.29, 0.717) is 16.5 Å². The first-order chi connectivity index (χ1) is 13.1. The Balaban J connectivity index is 1.56. The molecule has 1 saturated carbocycles. The number of nitrogens with zero attached hydrogens (tertiary/aromatic N) is 1. The average Bonchev–Trinajstić information content (AvgIpc) is 3.20. The van der Waals surface area contributed by atoms with Gasteiger partial charge in [-0.3, -0.25) is 4.79 Å². The summed E-state index contributed by atoms with van der Waals surface area (Å²) in [7, 11) is 0. The Morgan fingerprint density at radius 1 is 1.22 bits per heavy atom. The number of carbonyl (C=O) groups excluding carboxylic acids is 1. The predicted molar refractivity (Wildman–Crippen MR) is 112 cm³/mol. The predicted octanol–water partition coefficient (Wildman–Crippen LogP) is 6.01. The number of amides is 1. The van der Waals surface area contributed by atoms with Gasteiger partial charge in [-0.05, 0) is 73.8 Å². The van der Waals surface area contributed by atoms with E-state index in [1.807, 2.05) is 18.2 Å². The van der Waals surface area contributed by atoms with Crippen molar-refractivity contribution in [2.75, 3.05) is 6.54 Å². The molecule has 142 valence electrons. The summed E-state index contributed by atoms with van der Waals surface area (Å²) in [6, 6.07) is 7.73. The number of carbonyl (C=O) groups is 1. The Kier molecular flexibility index (Phi) is 5.49. The van der Waals surface area contributed by atoms with Gasteiger partial charge in [0.05, 0.1) is 21.8 Å². The van der Waals surface area contributed by atoms with Gasteiger partial charge in [-0.15, -0.1) is 0 Å². The summed E-state index contributed by atoms with van der Waals surface area (Å²) in [5.41, 5.74) is 3.72. The summed E-state index contributed by atoms with van der Waals surface area (Å²) < 4.78 is 0. The molecule has 4 heteroatoms. The van der Waals surface area contributed by atoms with E-state index in [9.17, 15) is 4.79 Å². The molecule has 1 fully saturated rings. The average molecular weight is 383 g/mol. The quantitative estimate of drug-likeness (QED) is 0.703. The minimum absolute atomic E-state index is 0.0848. The molecule has 0 saturated heterocycles. The van der Waals surface area contributed by atoms with E-state index in [1.165, 1.54) is 37.7 Å². The second kappa shape index (κ2) is 8.02. The number of hydrogen-bond donors (Lipinski definition) is 1. The molecular weight excluding hydrogens is 356 g/mol. The number of benzene rings is 1. The van der Waals surface area contributed by atoms with Crippen molar-refractivity contribution in [3.63, 3.8) is 0 Å². The number of pyridine rings is 1. The summed E-state index contributed by atoms with van der Waals surface area (Å²) >= 11 is 6.41. The van der Waals surface area contributed by atoms with Crippen LogP contribution in [-0.4, -0.2) is 17.4 Å². The van der Waals surface area contributed by atoms with Crippen molar-refractivity contribution in [1.29, 1.82) is 0 Å². The normalized spacial score (nSPS) is 22.7. The lowest BCUT2D eigenvalue weighted by molar-refractivity contribution is 0.0942. The molecule has 2 atom stereocenters. The number of fused-ring (bicyclic) bond motifs is 1. The molecule has 1 N–H and O–H groups in total. The lowest BCUT2D eigenvalue weighted by Gasteiger charge is -2.26. The lowest BCUT2D eigenvalue weighted by Crippen LogP contribution is -2.31. The SMILES string of the molecule is CC1CCCC(CNC(=O)c2c(Cl)ccc3nc(C4=CCCC4)ccc23)C1. The molecule has 1 heterocycles. The summed E-state index contributed by atoms with van der Waals surface area (Å²) in [5, 5.41) is 4.45. The van der Waals surface area contributed by atoms with Gasteiger partial charge in [-0.25, -0.2) is 4.98 Å². The maximum atomic E-state index is 12.9. The van der Waals surface area contributed by atoms with E-state index in [4.69, 9.17) is 16.6 Å². The second-order valence-electron chi connectivity index (χ2n) is 8.15. The molecule has 2 unspecified atom stereocenters. The molecule has 0 bridgehead atoms. The zero-order valence-electron chi connectivity index (χ0n) is 15.9. The molecule has 3 nitrogen and oxygen atoms in total. The summed E-state index contributed by atoms with van der Waals surface area (Å²) in [4.78, 5) is 17.7. The van der Waals surface area contributed by atoms with E-state index in [2.05, 4.69) is 18.3 Å². The minimum Gasteiger partial charge on any atom is -0.352 e. The Morgan fingerprint density at radius 3 is 2.89 bits per heavy atom. The van der Waals surface area contributed by atoms with Crippen LogP contribution < -0.4 is 5.32 Å². The molecule has 1 amide bonds. The van der Waals surface area contributed by atoms with Crippen LogP contribution in [0.15, 0.2) is 30.3 Å². The zero-order chi connectivity index (χ0) is 18.8. The van der Waals surface area contributed by atoms with E-state index < -0.39 is 0 Å². The first-order valence-electron chi connectivity index (χ1n) is 10.2. The monoisotopic (exact) mass is 382 g/mol. The van der Waals surface area contributed by atoms with E-state index in [-0.39, 0.29) is 5.91 Å². The largest absolute Gasteiger partial charge is 0.352 e. The van der Waals surface area contributed by atoms with Crippen LogP contribution in [0.3, 0.4) is 0 Å². The summed E-state index contributed by atoms with van der Waals surface area (Å²) in [6.07, 6.45) is 10.6. The Morgan fingerprint density at radius 2 is 2.11 bits per heavy atom. The molecular formula is C23H27ClN2O. The van der Waals surface area contributed by atoms with Gasteiger partial charge in [0.2, 0.25) is 0 Å². The third-order valence-corrected chi connectivity index (χ3v) is 6.33. The summed E-state index contributed by atoms with van der Waals surface area (Å²) in [6.45, 7) is 3.03.